The van der Waals surface area contributed by atoms with Crippen LogP contribution in [0.5, 0.6) is 0 Å². The van der Waals surface area contributed by atoms with Gasteiger partial charge in [-0.05, 0) is 43.2 Å². The first-order chi connectivity index (χ1) is 13.9. The van der Waals surface area contributed by atoms with Gasteiger partial charge >= 0.3 is 5.97 Å². The van der Waals surface area contributed by atoms with Crippen molar-refractivity contribution < 1.29 is 17.9 Å². The maximum Gasteiger partial charge on any atom is 0.339 e. The Morgan fingerprint density at radius 1 is 0.897 bits per heavy atom. The molecule has 0 aromatic heterocycles. The third-order valence-corrected chi connectivity index (χ3v) is 6.02. The molecule has 6 heteroatoms. The van der Waals surface area contributed by atoms with E-state index in [1.54, 1.807) is 48.5 Å². The van der Waals surface area contributed by atoms with Gasteiger partial charge in [-0.25, -0.2) is 17.9 Å². The highest BCUT2D eigenvalue weighted by Crippen LogP contribution is 2.21. The lowest BCUT2D eigenvalue weighted by Gasteiger charge is -2.20. The molecule has 3 aromatic rings. The van der Waals surface area contributed by atoms with Gasteiger partial charge in [0.2, 0.25) is 10.0 Å². The van der Waals surface area contributed by atoms with Crippen molar-refractivity contribution in [2.75, 3.05) is 6.54 Å². The minimum absolute atomic E-state index is 0.0716. The van der Waals surface area contributed by atoms with Crippen LogP contribution in [-0.4, -0.2) is 20.9 Å². The number of hydrogen-bond donors (Lipinski definition) is 1. The molecule has 0 aliphatic heterocycles. The molecule has 3 aromatic carbocycles. The van der Waals surface area contributed by atoms with Crippen LogP contribution in [0.2, 0.25) is 0 Å². The number of carbonyl (C=O) groups is 1. The lowest BCUT2D eigenvalue weighted by molar-refractivity contribution is 0.0307. The number of hydrogen-bond acceptors (Lipinski definition) is 4. The van der Waals surface area contributed by atoms with Gasteiger partial charge < -0.3 is 4.74 Å². The molecule has 0 saturated heterocycles. The van der Waals surface area contributed by atoms with E-state index >= 15 is 0 Å². The lowest BCUT2D eigenvalue weighted by atomic mass is 10.1. The second-order valence-corrected chi connectivity index (χ2v) is 8.55. The van der Waals surface area contributed by atoms with Gasteiger partial charge in [0.05, 0.1) is 17.0 Å². The van der Waals surface area contributed by atoms with Crippen LogP contribution in [0.3, 0.4) is 0 Å². The van der Waals surface area contributed by atoms with E-state index in [-0.39, 0.29) is 11.4 Å². The summed E-state index contributed by atoms with van der Waals surface area (Å²) in [5.41, 5.74) is 2.93. The number of benzene rings is 3. The predicted molar refractivity (Wildman–Crippen MR) is 112 cm³/mol. The second-order valence-electron chi connectivity index (χ2n) is 6.78. The van der Waals surface area contributed by atoms with Gasteiger partial charge in [-0.1, -0.05) is 66.2 Å². The molecule has 1 N–H and O–H groups in total. The Hall–Kier alpha value is -2.96. The van der Waals surface area contributed by atoms with Crippen LogP contribution in [0.25, 0.3) is 0 Å². The molecule has 0 unspecified atom stereocenters. The number of sulfonamides is 1. The minimum atomic E-state index is -3.73. The zero-order valence-electron chi connectivity index (χ0n) is 16.3. The van der Waals surface area contributed by atoms with Crippen molar-refractivity contribution in [2.24, 2.45) is 0 Å². The molecular formula is C23H23NO4S. The largest absolute Gasteiger partial charge is 0.452 e. The Morgan fingerprint density at radius 2 is 1.52 bits per heavy atom. The van der Waals surface area contributed by atoms with Crippen molar-refractivity contribution in [3.63, 3.8) is 0 Å². The highest BCUT2D eigenvalue weighted by Gasteiger charge is 2.22. The molecule has 0 radical (unpaired) electrons. The molecular weight excluding hydrogens is 386 g/mol. The molecule has 0 bridgehead atoms. The Kier molecular flexibility index (Phi) is 6.46. The fraction of sp³-hybridized carbons (Fsp3) is 0.174. The molecule has 0 aliphatic carbocycles. The van der Waals surface area contributed by atoms with Gasteiger partial charge in [-0.3, -0.25) is 0 Å². The van der Waals surface area contributed by atoms with Crippen molar-refractivity contribution in [1.82, 2.24) is 4.72 Å². The molecule has 0 spiro atoms. The third-order valence-electron chi connectivity index (χ3n) is 4.58. The minimum Gasteiger partial charge on any atom is -0.452 e. The number of aryl methyl sites for hydroxylation is 2. The van der Waals surface area contributed by atoms with Gasteiger partial charge in [0.15, 0.2) is 0 Å². The number of carbonyl (C=O) groups excluding carboxylic acids is 1. The third kappa shape index (κ3) is 5.31. The summed E-state index contributed by atoms with van der Waals surface area (Å²) in [6.45, 7) is 3.65. The van der Waals surface area contributed by atoms with E-state index in [9.17, 15) is 13.2 Å². The Balaban J connectivity index is 1.80. The quantitative estimate of drug-likeness (QED) is 0.594. The van der Waals surface area contributed by atoms with Crippen molar-refractivity contribution in [1.29, 1.82) is 0 Å². The first-order valence-electron chi connectivity index (χ1n) is 9.25. The van der Waals surface area contributed by atoms with E-state index in [2.05, 4.69) is 4.72 Å². The van der Waals surface area contributed by atoms with E-state index in [0.29, 0.717) is 11.1 Å². The molecule has 1 atom stereocenters. The monoisotopic (exact) mass is 409 g/mol. The molecule has 29 heavy (non-hydrogen) atoms. The average Bonchev–Trinajstić information content (AvgIpc) is 2.72. The second kappa shape index (κ2) is 9.03. The SMILES string of the molecule is Cc1ccc(S(=O)(=O)NC[C@@H](OC(=O)c2ccccc2C)c2ccccc2)cc1. The summed E-state index contributed by atoms with van der Waals surface area (Å²) in [6.07, 6.45) is -0.761. The molecule has 5 nitrogen and oxygen atoms in total. The maximum absolute atomic E-state index is 12.7. The lowest BCUT2D eigenvalue weighted by Crippen LogP contribution is -2.30. The summed E-state index contributed by atoms with van der Waals surface area (Å²) in [7, 11) is -3.73. The van der Waals surface area contributed by atoms with Crippen LogP contribution < -0.4 is 4.72 Å². The normalized spacial score (nSPS) is 12.3. The van der Waals surface area contributed by atoms with E-state index in [1.807, 2.05) is 44.2 Å². The van der Waals surface area contributed by atoms with Gasteiger partial charge in [0.1, 0.15) is 6.10 Å². The van der Waals surface area contributed by atoms with E-state index < -0.39 is 22.1 Å². The van der Waals surface area contributed by atoms with Gasteiger partial charge in [0.25, 0.3) is 0 Å². The number of ether oxygens (including phenoxy) is 1. The van der Waals surface area contributed by atoms with Crippen LogP contribution in [0.4, 0.5) is 0 Å². The molecule has 0 aliphatic rings. The number of rotatable bonds is 7. The van der Waals surface area contributed by atoms with Crippen LogP contribution in [0.15, 0.2) is 83.8 Å². The fourth-order valence-electron chi connectivity index (χ4n) is 2.88. The number of esters is 1. The van der Waals surface area contributed by atoms with Crippen molar-refractivity contribution >= 4 is 16.0 Å². The van der Waals surface area contributed by atoms with Crippen LogP contribution in [-0.2, 0) is 14.8 Å². The van der Waals surface area contributed by atoms with Crippen molar-refractivity contribution in [3.8, 4) is 0 Å². The van der Waals surface area contributed by atoms with Gasteiger partial charge in [-0.2, -0.15) is 0 Å². The van der Waals surface area contributed by atoms with Gasteiger partial charge in [0, 0.05) is 0 Å². The molecule has 3 rings (SSSR count). The first-order valence-corrected chi connectivity index (χ1v) is 10.7. The molecule has 0 fully saturated rings. The fourth-order valence-corrected chi connectivity index (χ4v) is 3.91. The summed E-state index contributed by atoms with van der Waals surface area (Å²) in [5.74, 6) is -0.494. The molecule has 0 amide bonds. The molecule has 0 heterocycles. The summed E-state index contributed by atoms with van der Waals surface area (Å²) < 4.78 is 33.5. The van der Waals surface area contributed by atoms with E-state index in [1.165, 1.54) is 0 Å². The summed E-state index contributed by atoms with van der Waals surface area (Å²) in [5, 5.41) is 0. The standard InChI is InChI=1S/C23H23NO4S/c1-17-12-14-20(15-13-17)29(26,27)24-16-22(19-9-4-3-5-10-19)28-23(25)21-11-7-6-8-18(21)2/h3-15,22,24H,16H2,1-2H3/t22-/m1/s1. The predicted octanol–water partition coefficient (Wildman–Crippen LogP) is 4.18. The van der Waals surface area contributed by atoms with Crippen molar-refractivity contribution in [3.05, 3.63) is 101 Å². The van der Waals surface area contributed by atoms with E-state index in [0.717, 1.165) is 11.1 Å². The molecule has 0 saturated carbocycles. The van der Waals surface area contributed by atoms with Crippen LogP contribution in [0.1, 0.15) is 33.2 Å². The Bertz CT molecular complexity index is 1080. The molecule has 150 valence electrons. The summed E-state index contributed by atoms with van der Waals surface area (Å²) in [4.78, 5) is 12.8. The van der Waals surface area contributed by atoms with E-state index in [4.69, 9.17) is 4.74 Å². The zero-order valence-corrected chi connectivity index (χ0v) is 17.1. The maximum atomic E-state index is 12.7. The Labute approximate surface area is 171 Å². The highest BCUT2D eigenvalue weighted by atomic mass is 32.2. The average molecular weight is 410 g/mol. The number of nitrogens with one attached hydrogen (secondary N) is 1. The Morgan fingerprint density at radius 3 is 2.17 bits per heavy atom. The first kappa shape index (κ1) is 20.8. The van der Waals surface area contributed by atoms with Crippen LogP contribution >= 0.6 is 0 Å². The smallest absolute Gasteiger partial charge is 0.339 e. The van der Waals surface area contributed by atoms with Crippen LogP contribution in [0, 0.1) is 13.8 Å². The topological polar surface area (TPSA) is 72.5 Å². The summed E-state index contributed by atoms with van der Waals surface area (Å²) >= 11 is 0. The van der Waals surface area contributed by atoms with Gasteiger partial charge in [-0.15, -0.1) is 0 Å². The summed E-state index contributed by atoms with van der Waals surface area (Å²) in [6, 6.07) is 22.8. The van der Waals surface area contributed by atoms with Crippen molar-refractivity contribution in [2.45, 2.75) is 24.8 Å². The zero-order chi connectivity index (χ0) is 20.9. The highest BCUT2D eigenvalue weighted by molar-refractivity contribution is 7.89.